The molecule has 0 saturated heterocycles. The van der Waals surface area contributed by atoms with Crippen molar-refractivity contribution in [3.8, 4) is 5.69 Å². The third-order valence-corrected chi connectivity index (χ3v) is 3.59. The monoisotopic (exact) mass is 326 g/mol. The van der Waals surface area contributed by atoms with E-state index in [2.05, 4.69) is 10.4 Å². The van der Waals surface area contributed by atoms with E-state index in [0.29, 0.717) is 18.7 Å². The van der Waals surface area contributed by atoms with Crippen LogP contribution >= 0.6 is 0 Å². The predicted molar refractivity (Wildman–Crippen MR) is 88.8 cm³/mol. The fraction of sp³-hybridized carbons (Fsp3) is 0.118. The summed E-state index contributed by atoms with van der Waals surface area (Å²) in [7, 11) is 0. The minimum Gasteiger partial charge on any atom is -0.379 e. The van der Waals surface area contributed by atoms with Gasteiger partial charge in [-0.05, 0) is 42.3 Å². The molecule has 0 saturated carbocycles. The van der Waals surface area contributed by atoms with Gasteiger partial charge in [-0.15, -0.1) is 0 Å². The number of hydrogen-bond donors (Lipinski definition) is 1. The summed E-state index contributed by atoms with van der Waals surface area (Å²) in [5.74, 6) is -0.624. The molecule has 0 spiro atoms. The standard InChI is InChI=1S/C17H15FN4O2/c18-14-4-7-16(17(12-14)22(23)24)19-10-8-13-2-5-15(6-3-13)21-11-1-9-20-21/h1-7,9,11-12,19H,8,10H2. The lowest BCUT2D eigenvalue weighted by Crippen LogP contribution is -2.07. The maximum atomic E-state index is 13.1. The van der Waals surface area contributed by atoms with Crippen LogP contribution in [0.4, 0.5) is 15.8 Å². The first-order valence-electron chi connectivity index (χ1n) is 7.40. The Morgan fingerprint density at radius 2 is 2.00 bits per heavy atom. The molecule has 122 valence electrons. The number of aromatic nitrogens is 2. The highest BCUT2D eigenvalue weighted by atomic mass is 19.1. The zero-order valence-corrected chi connectivity index (χ0v) is 12.7. The summed E-state index contributed by atoms with van der Waals surface area (Å²) in [6.45, 7) is 0.508. The Hall–Kier alpha value is -3.22. The van der Waals surface area contributed by atoms with Crippen LogP contribution in [-0.4, -0.2) is 21.2 Å². The van der Waals surface area contributed by atoms with Crippen molar-refractivity contribution in [1.82, 2.24) is 9.78 Å². The Morgan fingerprint density at radius 3 is 2.67 bits per heavy atom. The van der Waals surface area contributed by atoms with Gasteiger partial charge in [0.05, 0.1) is 16.7 Å². The SMILES string of the molecule is O=[N+]([O-])c1cc(F)ccc1NCCc1ccc(-n2cccn2)cc1. The van der Waals surface area contributed by atoms with Crippen LogP contribution in [0, 0.1) is 15.9 Å². The number of benzene rings is 2. The van der Waals surface area contributed by atoms with Crippen molar-refractivity contribution in [3.05, 3.63) is 82.4 Å². The average molecular weight is 326 g/mol. The van der Waals surface area contributed by atoms with Gasteiger partial charge in [0.25, 0.3) is 5.69 Å². The summed E-state index contributed by atoms with van der Waals surface area (Å²) < 4.78 is 14.9. The van der Waals surface area contributed by atoms with E-state index in [1.165, 1.54) is 12.1 Å². The van der Waals surface area contributed by atoms with E-state index in [0.717, 1.165) is 17.3 Å². The predicted octanol–water partition coefficient (Wildman–Crippen LogP) is 3.57. The second-order valence-corrected chi connectivity index (χ2v) is 5.21. The molecule has 24 heavy (non-hydrogen) atoms. The highest BCUT2D eigenvalue weighted by molar-refractivity contribution is 5.61. The lowest BCUT2D eigenvalue weighted by molar-refractivity contribution is -0.384. The van der Waals surface area contributed by atoms with Gasteiger partial charge in [0.1, 0.15) is 11.5 Å². The summed E-state index contributed by atoms with van der Waals surface area (Å²) in [5.41, 5.74) is 2.10. The van der Waals surface area contributed by atoms with Gasteiger partial charge < -0.3 is 5.32 Å². The second kappa shape index (κ2) is 6.91. The highest BCUT2D eigenvalue weighted by Gasteiger charge is 2.14. The van der Waals surface area contributed by atoms with Crippen molar-refractivity contribution in [2.24, 2.45) is 0 Å². The molecule has 3 aromatic rings. The van der Waals surface area contributed by atoms with Gasteiger partial charge in [0.15, 0.2) is 0 Å². The number of nitrogens with one attached hydrogen (secondary N) is 1. The zero-order valence-electron chi connectivity index (χ0n) is 12.7. The molecule has 2 aromatic carbocycles. The van der Waals surface area contributed by atoms with E-state index in [4.69, 9.17) is 0 Å². The fourth-order valence-electron chi connectivity index (χ4n) is 2.38. The van der Waals surface area contributed by atoms with Crippen LogP contribution in [0.5, 0.6) is 0 Å². The van der Waals surface area contributed by atoms with E-state index in [1.807, 2.05) is 36.5 Å². The number of anilines is 1. The molecule has 0 atom stereocenters. The molecular formula is C17H15FN4O2. The number of hydrogen-bond acceptors (Lipinski definition) is 4. The van der Waals surface area contributed by atoms with Crippen molar-refractivity contribution >= 4 is 11.4 Å². The number of rotatable bonds is 6. The first-order chi connectivity index (χ1) is 11.6. The molecule has 1 aromatic heterocycles. The minimum atomic E-state index is -0.624. The van der Waals surface area contributed by atoms with E-state index in [-0.39, 0.29) is 5.69 Å². The Labute approximate surface area is 137 Å². The number of halogens is 1. The summed E-state index contributed by atoms with van der Waals surface area (Å²) >= 11 is 0. The summed E-state index contributed by atoms with van der Waals surface area (Å²) in [5, 5.41) is 18.1. The molecule has 0 fully saturated rings. The summed E-state index contributed by atoms with van der Waals surface area (Å²) in [6, 6.07) is 13.2. The average Bonchev–Trinajstić information content (AvgIpc) is 3.11. The van der Waals surface area contributed by atoms with Crippen LogP contribution in [-0.2, 0) is 6.42 Å². The lowest BCUT2D eigenvalue weighted by Gasteiger charge is -2.08. The molecule has 6 nitrogen and oxygen atoms in total. The molecule has 7 heteroatoms. The molecule has 0 radical (unpaired) electrons. The molecule has 0 aliphatic rings. The third-order valence-electron chi connectivity index (χ3n) is 3.59. The molecule has 0 unspecified atom stereocenters. The Kier molecular flexibility index (Phi) is 4.51. The molecule has 3 rings (SSSR count). The van der Waals surface area contributed by atoms with E-state index in [9.17, 15) is 14.5 Å². The van der Waals surface area contributed by atoms with Gasteiger partial charge in [-0.25, -0.2) is 9.07 Å². The van der Waals surface area contributed by atoms with E-state index < -0.39 is 10.7 Å². The largest absolute Gasteiger partial charge is 0.379 e. The maximum absolute atomic E-state index is 13.1. The number of nitro benzene ring substituents is 1. The van der Waals surface area contributed by atoms with Gasteiger partial charge in [0, 0.05) is 18.9 Å². The molecule has 0 aliphatic carbocycles. The van der Waals surface area contributed by atoms with Crippen molar-refractivity contribution in [2.75, 3.05) is 11.9 Å². The van der Waals surface area contributed by atoms with Gasteiger partial charge in [-0.3, -0.25) is 10.1 Å². The number of nitro groups is 1. The number of nitrogens with zero attached hydrogens (tertiary/aromatic N) is 3. The quantitative estimate of drug-likeness (QED) is 0.555. The molecule has 1 heterocycles. The van der Waals surface area contributed by atoms with Crippen molar-refractivity contribution < 1.29 is 9.31 Å². The van der Waals surface area contributed by atoms with Gasteiger partial charge in [-0.2, -0.15) is 5.10 Å². The highest BCUT2D eigenvalue weighted by Crippen LogP contribution is 2.24. The van der Waals surface area contributed by atoms with Gasteiger partial charge >= 0.3 is 0 Å². The molecule has 0 amide bonds. The Balaban J connectivity index is 1.62. The molecule has 1 N–H and O–H groups in total. The van der Waals surface area contributed by atoms with Crippen molar-refractivity contribution in [3.63, 3.8) is 0 Å². The summed E-state index contributed by atoms with van der Waals surface area (Å²) in [4.78, 5) is 10.4. The molecule has 0 aliphatic heterocycles. The smallest absolute Gasteiger partial charge is 0.295 e. The third kappa shape index (κ3) is 3.57. The first kappa shape index (κ1) is 15.7. The lowest BCUT2D eigenvalue weighted by atomic mass is 10.1. The second-order valence-electron chi connectivity index (χ2n) is 5.21. The Morgan fingerprint density at radius 1 is 1.21 bits per heavy atom. The normalized spacial score (nSPS) is 10.5. The Bertz CT molecular complexity index is 832. The van der Waals surface area contributed by atoms with Crippen molar-refractivity contribution in [2.45, 2.75) is 6.42 Å². The van der Waals surface area contributed by atoms with Crippen LogP contribution < -0.4 is 5.32 Å². The van der Waals surface area contributed by atoms with Crippen LogP contribution in [0.1, 0.15) is 5.56 Å². The fourth-order valence-corrected chi connectivity index (χ4v) is 2.38. The first-order valence-corrected chi connectivity index (χ1v) is 7.40. The maximum Gasteiger partial charge on any atom is 0.295 e. The minimum absolute atomic E-state index is 0.260. The zero-order chi connectivity index (χ0) is 16.9. The van der Waals surface area contributed by atoms with Crippen LogP contribution in [0.2, 0.25) is 0 Å². The molecular weight excluding hydrogens is 311 g/mol. The van der Waals surface area contributed by atoms with Crippen molar-refractivity contribution in [1.29, 1.82) is 0 Å². The summed E-state index contributed by atoms with van der Waals surface area (Å²) in [6.07, 6.45) is 4.27. The van der Waals surface area contributed by atoms with E-state index in [1.54, 1.807) is 10.9 Å². The molecule has 0 bridgehead atoms. The topological polar surface area (TPSA) is 73.0 Å². The van der Waals surface area contributed by atoms with Crippen LogP contribution in [0.3, 0.4) is 0 Å². The van der Waals surface area contributed by atoms with E-state index >= 15 is 0 Å². The van der Waals surface area contributed by atoms with Gasteiger partial charge in [-0.1, -0.05) is 12.1 Å². The van der Waals surface area contributed by atoms with Crippen LogP contribution in [0.15, 0.2) is 60.9 Å². The van der Waals surface area contributed by atoms with Gasteiger partial charge in [0.2, 0.25) is 0 Å². The van der Waals surface area contributed by atoms with Crippen LogP contribution in [0.25, 0.3) is 5.69 Å².